The van der Waals surface area contributed by atoms with Crippen molar-refractivity contribution in [2.75, 3.05) is 0 Å². The second-order valence-electron chi connectivity index (χ2n) is 5.33. The maximum Gasteiger partial charge on any atom is 0.137 e. The molecule has 1 saturated carbocycles. The van der Waals surface area contributed by atoms with Gasteiger partial charge in [0.25, 0.3) is 0 Å². The van der Waals surface area contributed by atoms with Crippen molar-refractivity contribution in [1.82, 2.24) is 0 Å². The lowest BCUT2D eigenvalue weighted by Gasteiger charge is -2.09. The zero-order valence-electron chi connectivity index (χ0n) is 10.7. The summed E-state index contributed by atoms with van der Waals surface area (Å²) in [6.45, 7) is 2.06. The number of carbonyl (C=O) groups is 1. The highest BCUT2D eigenvalue weighted by Crippen LogP contribution is 2.34. The van der Waals surface area contributed by atoms with E-state index >= 15 is 0 Å². The van der Waals surface area contributed by atoms with Crippen molar-refractivity contribution in [3.05, 3.63) is 35.6 Å². The van der Waals surface area contributed by atoms with Gasteiger partial charge in [0.05, 0.1) is 0 Å². The quantitative estimate of drug-likeness (QED) is 0.695. The van der Waals surface area contributed by atoms with Crippen LogP contribution in [0, 0.1) is 6.92 Å². The van der Waals surface area contributed by atoms with Crippen LogP contribution in [0.2, 0.25) is 0 Å². The van der Waals surface area contributed by atoms with Crippen molar-refractivity contribution >= 4 is 16.8 Å². The number of ketones is 1. The summed E-state index contributed by atoms with van der Waals surface area (Å²) in [5.41, 5.74) is 2.14. The minimum atomic E-state index is 0.284. The Balaban J connectivity index is 1.98. The first-order valence-corrected chi connectivity index (χ1v) is 6.75. The average molecular weight is 242 g/mol. The molecule has 2 heteroatoms. The lowest BCUT2D eigenvalue weighted by atomic mass is 9.97. The van der Waals surface area contributed by atoms with Crippen molar-refractivity contribution in [2.24, 2.45) is 0 Å². The second kappa shape index (κ2) is 4.60. The molecular weight excluding hydrogens is 224 g/mol. The van der Waals surface area contributed by atoms with Crippen LogP contribution in [0.25, 0.3) is 11.0 Å². The Kier molecular flexibility index (Phi) is 2.94. The number of aryl methyl sites for hydroxylation is 1. The summed E-state index contributed by atoms with van der Waals surface area (Å²) in [5, 5.41) is 1.15. The third-order valence-corrected chi connectivity index (χ3v) is 3.89. The molecule has 1 atom stereocenters. The molecule has 1 aliphatic rings. The summed E-state index contributed by atoms with van der Waals surface area (Å²) in [7, 11) is 0. The van der Waals surface area contributed by atoms with Gasteiger partial charge in [-0.3, -0.25) is 4.79 Å². The largest absolute Gasteiger partial charge is 0.460 e. The van der Waals surface area contributed by atoms with Crippen LogP contribution in [0.4, 0.5) is 0 Å². The number of rotatable bonds is 1. The van der Waals surface area contributed by atoms with Gasteiger partial charge in [-0.2, -0.15) is 0 Å². The molecule has 1 unspecified atom stereocenters. The normalized spacial score (nSPS) is 21.2. The van der Waals surface area contributed by atoms with E-state index in [1.807, 2.05) is 0 Å². The first kappa shape index (κ1) is 11.5. The number of Topliss-reactive ketones (excluding diaryl/α,β-unsaturated/α-hetero) is 1. The zero-order chi connectivity index (χ0) is 12.5. The summed E-state index contributed by atoms with van der Waals surface area (Å²) in [6.07, 6.45) is 4.64. The molecule has 2 nitrogen and oxygen atoms in total. The van der Waals surface area contributed by atoms with Gasteiger partial charge in [-0.1, -0.05) is 24.6 Å². The Morgan fingerprint density at radius 2 is 2.17 bits per heavy atom. The summed E-state index contributed by atoms with van der Waals surface area (Å²) < 4.78 is 5.99. The molecule has 2 aromatic rings. The monoisotopic (exact) mass is 242 g/mol. The van der Waals surface area contributed by atoms with Crippen LogP contribution < -0.4 is 0 Å². The van der Waals surface area contributed by atoms with Crippen molar-refractivity contribution in [3.8, 4) is 0 Å². The summed E-state index contributed by atoms with van der Waals surface area (Å²) in [4.78, 5) is 11.7. The lowest BCUT2D eigenvalue weighted by molar-refractivity contribution is -0.119. The molecule has 1 fully saturated rings. The summed E-state index contributed by atoms with van der Waals surface area (Å²) >= 11 is 0. The van der Waals surface area contributed by atoms with Crippen LogP contribution >= 0.6 is 0 Å². The molecular formula is C16H18O2. The molecule has 18 heavy (non-hydrogen) atoms. The van der Waals surface area contributed by atoms with Gasteiger partial charge in [0, 0.05) is 24.1 Å². The predicted octanol–water partition coefficient (Wildman–Crippen LogP) is 4.36. The van der Waals surface area contributed by atoms with E-state index in [1.165, 1.54) is 5.56 Å². The minimum absolute atomic E-state index is 0.284. The van der Waals surface area contributed by atoms with E-state index in [0.717, 1.165) is 42.4 Å². The van der Waals surface area contributed by atoms with Crippen LogP contribution in [0.3, 0.4) is 0 Å². The van der Waals surface area contributed by atoms with Gasteiger partial charge < -0.3 is 4.42 Å². The smallest absolute Gasteiger partial charge is 0.137 e. The molecule has 0 aliphatic heterocycles. The van der Waals surface area contributed by atoms with Gasteiger partial charge in [-0.05, 0) is 31.4 Å². The standard InChI is InChI=1S/C16H18O2/c1-11-5-4-7-13-10-15(18-16(11)13)12-6-2-3-8-14(17)9-12/h4-5,7,10,12H,2-3,6,8-9H2,1H3. The minimum Gasteiger partial charge on any atom is -0.460 e. The molecule has 1 heterocycles. The molecule has 1 aromatic carbocycles. The fourth-order valence-electron chi connectivity index (χ4n) is 2.86. The van der Waals surface area contributed by atoms with Crippen molar-refractivity contribution < 1.29 is 9.21 Å². The molecule has 1 aromatic heterocycles. The molecule has 94 valence electrons. The van der Waals surface area contributed by atoms with Gasteiger partial charge in [0.2, 0.25) is 0 Å². The molecule has 3 rings (SSSR count). The van der Waals surface area contributed by atoms with E-state index in [2.05, 4.69) is 31.2 Å². The topological polar surface area (TPSA) is 30.2 Å². The first-order chi connectivity index (χ1) is 8.74. The molecule has 0 spiro atoms. The Labute approximate surface area is 107 Å². The summed E-state index contributed by atoms with van der Waals surface area (Å²) in [5.74, 6) is 1.66. The van der Waals surface area contributed by atoms with Crippen LogP contribution in [0.1, 0.15) is 49.3 Å². The molecule has 0 saturated heterocycles. The Bertz CT molecular complexity index is 580. The zero-order valence-corrected chi connectivity index (χ0v) is 10.7. The fourth-order valence-corrected chi connectivity index (χ4v) is 2.86. The molecule has 0 bridgehead atoms. The Morgan fingerprint density at radius 3 is 3.00 bits per heavy atom. The first-order valence-electron chi connectivity index (χ1n) is 6.75. The fraction of sp³-hybridized carbons (Fsp3) is 0.438. The highest BCUT2D eigenvalue weighted by atomic mass is 16.3. The van der Waals surface area contributed by atoms with Gasteiger partial charge in [-0.15, -0.1) is 0 Å². The number of para-hydroxylation sites is 1. The third kappa shape index (κ3) is 2.07. The number of fused-ring (bicyclic) bond motifs is 1. The van der Waals surface area contributed by atoms with E-state index in [0.29, 0.717) is 12.2 Å². The number of carbonyl (C=O) groups excluding carboxylic acids is 1. The van der Waals surface area contributed by atoms with Crippen molar-refractivity contribution in [2.45, 2.75) is 44.9 Å². The maximum absolute atomic E-state index is 11.7. The SMILES string of the molecule is Cc1cccc2cc(C3CCCCC(=O)C3)oc12. The highest BCUT2D eigenvalue weighted by molar-refractivity contribution is 5.82. The molecule has 0 N–H and O–H groups in total. The van der Waals surface area contributed by atoms with Crippen LogP contribution in [-0.2, 0) is 4.79 Å². The second-order valence-corrected chi connectivity index (χ2v) is 5.33. The van der Waals surface area contributed by atoms with Gasteiger partial charge >= 0.3 is 0 Å². The van der Waals surface area contributed by atoms with E-state index in [-0.39, 0.29) is 5.92 Å². The predicted molar refractivity (Wildman–Crippen MR) is 71.8 cm³/mol. The van der Waals surface area contributed by atoms with Crippen molar-refractivity contribution in [1.29, 1.82) is 0 Å². The van der Waals surface area contributed by atoms with Gasteiger partial charge in [0.15, 0.2) is 0 Å². The maximum atomic E-state index is 11.7. The van der Waals surface area contributed by atoms with E-state index < -0.39 is 0 Å². The number of furan rings is 1. The summed E-state index contributed by atoms with van der Waals surface area (Å²) in [6, 6.07) is 8.31. The molecule has 1 aliphatic carbocycles. The third-order valence-electron chi connectivity index (χ3n) is 3.89. The van der Waals surface area contributed by atoms with Crippen LogP contribution in [0.5, 0.6) is 0 Å². The Hall–Kier alpha value is -1.57. The van der Waals surface area contributed by atoms with Crippen molar-refractivity contribution in [3.63, 3.8) is 0 Å². The average Bonchev–Trinajstić information content (AvgIpc) is 2.67. The van der Waals surface area contributed by atoms with Crippen LogP contribution in [-0.4, -0.2) is 5.78 Å². The number of benzene rings is 1. The van der Waals surface area contributed by atoms with E-state index in [4.69, 9.17) is 4.42 Å². The van der Waals surface area contributed by atoms with E-state index in [1.54, 1.807) is 0 Å². The van der Waals surface area contributed by atoms with Crippen LogP contribution in [0.15, 0.2) is 28.7 Å². The highest BCUT2D eigenvalue weighted by Gasteiger charge is 2.22. The van der Waals surface area contributed by atoms with Gasteiger partial charge in [0.1, 0.15) is 17.1 Å². The number of hydrogen-bond acceptors (Lipinski definition) is 2. The van der Waals surface area contributed by atoms with E-state index in [9.17, 15) is 4.79 Å². The van der Waals surface area contributed by atoms with Gasteiger partial charge in [-0.25, -0.2) is 0 Å². The lowest BCUT2D eigenvalue weighted by Crippen LogP contribution is -2.02. The molecule has 0 radical (unpaired) electrons. The Morgan fingerprint density at radius 1 is 1.28 bits per heavy atom. The molecule has 0 amide bonds. The number of hydrogen-bond donors (Lipinski definition) is 0.